The summed E-state index contributed by atoms with van der Waals surface area (Å²) in [7, 11) is 0. The molecule has 0 unspecified atom stereocenters. The lowest BCUT2D eigenvalue weighted by Crippen LogP contribution is -1.99. The first-order valence-corrected chi connectivity index (χ1v) is 6.11. The number of hydrogen-bond acceptors (Lipinski definition) is 3. The summed E-state index contributed by atoms with van der Waals surface area (Å²) in [4.78, 5) is 8.60. The predicted octanol–water partition coefficient (Wildman–Crippen LogP) is 3.24. The molecule has 0 radical (unpaired) electrons. The highest BCUT2D eigenvalue weighted by Gasteiger charge is 2.25. The molecular formula is C12H11BrN2O. The van der Waals surface area contributed by atoms with Crippen LogP contribution in [0.25, 0.3) is 10.8 Å². The normalized spacial score (nSPS) is 15.4. The van der Waals surface area contributed by atoms with E-state index in [1.807, 2.05) is 19.2 Å². The van der Waals surface area contributed by atoms with Crippen LogP contribution in [0.1, 0.15) is 18.5 Å². The van der Waals surface area contributed by atoms with Gasteiger partial charge in [0, 0.05) is 27.9 Å². The van der Waals surface area contributed by atoms with Crippen LogP contribution in [0.4, 0.5) is 0 Å². The van der Waals surface area contributed by atoms with Crippen LogP contribution >= 0.6 is 15.9 Å². The largest absolute Gasteiger partial charge is 0.474 e. The molecule has 4 heteroatoms. The van der Waals surface area contributed by atoms with E-state index in [0.717, 1.165) is 33.8 Å². The summed E-state index contributed by atoms with van der Waals surface area (Å²) >= 11 is 3.50. The fourth-order valence-corrected chi connectivity index (χ4v) is 2.05. The van der Waals surface area contributed by atoms with Crippen molar-refractivity contribution in [3.05, 3.63) is 28.6 Å². The summed E-state index contributed by atoms with van der Waals surface area (Å²) in [6.45, 7) is 1.98. The lowest BCUT2D eigenvalue weighted by molar-refractivity contribution is 0.295. The zero-order valence-corrected chi connectivity index (χ0v) is 10.5. The molecule has 0 N–H and O–H groups in total. The molecule has 82 valence electrons. The lowest BCUT2D eigenvalue weighted by atomic mass is 10.2. The molecule has 0 aliphatic heterocycles. The van der Waals surface area contributed by atoms with Crippen molar-refractivity contribution in [2.24, 2.45) is 0 Å². The van der Waals surface area contributed by atoms with Crippen LogP contribution in [-0.2, 0) is 0 Å². The monoisotopic (exact) mass is 278 g/mol. The smallest absolute Gasteiger partial charge is 0.223 e. The van der Waals surface area contributed by atoms with Crippen LogP contribution in [0, 0.1) is 6.92 Å². The number of rotatable bonds is 2. The van der Waals surface area contributed by atoms with Gasteiger partial charge < -0.3 is 4.74 Å². The highest BCUT2D eigenvalue weighted by atomic mass is 79.9. The Balaban J connectivity index is 2.17. The van der Waals surface area contributed by atoms with E-state index < -0.39 is 0 Å². The zero-order chi connectivity index (χ0) is 11.1. The quantitative estimate of drug-likeness (QED) is 0.846. The number of nitrogens with zero attached hydrogens (tertiary/aromatic N) is 2. The molecule has 1 saturated carbocycles. The van der Waals surface area contributed by atoms with Gasteiger partial charge in [0.05, 0.1) is 5.39 Å². The maximum atomic E-state index is 5.76. The Labute approximate surface area is 102 Å². The van der Waals surface area contributed by atoms with Gasteiger partial charge in [-0.05, 0) is 41.8 Å². The van der Waals surface area contributed by atoms with Crippen molar-refractivity contribution >= 4 is 26.7 Å². The van der Waals surface area contributed by atoms with Crippen molar-refractivity contribution in [2.45, 2.75) is 25.9 Å². The van der Waals surface area contributed by atoms with Gasteiger partial charge in [-0.25, -0.2) is 4.98 Å². The molecule has 2 aromatic heterocycles. The van der Waals surface area contributed by atoms with Gasteiger partial charge in [0.1, 0.15) is 6.10 Å². The molecule has 0 amide bonds. The number of aromatic nitrogens is 2. The number of fused-ring (bicyclic) bond motifs is 1. The second-order valence-corrected chi connectivity index (χ2v) is 4.95. The van der Waals surface area contributed by atoms with Gasteiger partial charge in [-0.3, -0.25) is 4.98 Å². The molecule has 3 rings (SSSR count). The van der Waals surface area contributed by atoms with E-state index >= 15 is 0 Å². The minimum Gasteiger partial charge on any atom is -0.474 e. The topological polar surface area (TPSA) is 35.0 Å². The van der Waals surface area contributed by atoms with Gasteiger partial charge in [-0.15, -0.1) is 0 Å². The third-order valence-electron chi connectivity index (χ3n) is 2.63. The first kappa shape index (κ1) is 10.0. The minimum absolute atomic E-state index is 0.359. The summed E-state index contributed by atoms with van der Waals surface area (Å²) < 4.78 is 6.74. The van der Waals surface area contributed by atoms with Crippen LogP contribution in [0.5, 0.6) is 5.88 Å². The van der Waals surface area contributed by atoms with Crippen molar-refractivity contribution in [1.82, 2.24) is 9.97 Å². The van der Waals surface area contributed by atoms with Crippen LogP contribution in [-0.4, -0.2) is 16.1 Å². The molecule has 2 heterocycles. The highest BCUT2D eigenvalue weighted by Crippen LogP contribution is 2.33. The van der Waals surface area contributed by atoms with Crippen molar-refractivity contribution < 1.29 is 4.74 Å². The predicted molar refractivity (Wildman–Crippen MR) is 65.6 cm³/mol. The van der Waals surface area contributed by atoms with Crippen molar-refractivity contribution in [3.63, 3.8) is 0 Å². The fourth-order valence-electron chi connectivity index (χ4n) is 1.62. The average Bonchev–Trinajstić information content (AvgIpc) is 3.06. The standard InChI is InChI=1S/C12H11BrN2O/c1-7-4-9-10(5-14-7)12(15-6-11(9)13)16-8-2-3-8/h4-6,8H,2-3H2,1H3. The first-order valence-electron chi connectivity index (χ1n) is 5.31. The Hall–Kier alpha value is -1.16. The molecule has 0 spiro atoms. The molecule has 16 heavy (non-hydrogen) atoms. The Kier molecular flexibility index (Phi) is 2.32. The molecule has 1 fully saturated rings. The first-order chi connectivity index (χ1) is 7.74. The number of hydrogen-bond donors (Lipinski definition) is 0. The number of aryl methyl sites for hydroxylation is 1. The van der Waals surface area contributed by atoms with E-state index in [9.17, 15) is 0 Å². The lowest BCUT2D eigenvalue weighted by Gasteiger charge is -2.08. The van der Waals surface area contributed by atoms with Gasteiger partial charge in [-0.2, -0.15) is 0 Å². The molecular weight excluding hydrogens is 268 g/mol. The van der Waals surface area contributed by atoms with Gasteiger partial charge in [0.2, 0.25) is 5.88 Å². The summed E-state index contributed by atoms with van der Waals surface area (Å²) in [6.07, 6.45) is 6.26. The van der Waals surface area contributed by atoms with Crippen molar-refractivity contribution in [1.29, 1.82) is 0 Å². The van der Waals surface area contributed by atoms with Gasteiger partial charge >= 0.3 is 0 Å². The number of pyridine rings is 2. The van der Waals surface area contributed by atoms with Crippen LogP contribution in [0.3, 0.4) is 0 Å². The van der Waals surface area contributed by atoms with E-state index in [1.165, 1.54) is 0 Å². The summed E-state index contributed by atoms with van der Waals surface area (Å²) in [5.41, 5.74) is 0.997. The third kappa shape index (κ3) is 1.78. The SMILES string of the molecule is Cc1cc2c(Br)cnc(OC3CC3)c2cn1. The zero-order valence-electron chi connectivity index (χ0n) is 8.90. The van der Waals surface area contributed by atoms with Gasteiger partial charge in [0.15, 0.2) is 0 Å². The van der Waals surface area contributed by atoms with Gasteiger partial charge in [0.25, 0.3) is 0 Å². The fraction of sp³-hybridized carbons (Fsp3) is 0.333. The van der Waals surface area contributed by atoms with E-state index in [2.05, 4.69) is 25.9 Å². The minimum atomic E-state index is 0.359. The average molecular weight is 279 g/mol. The molecule has 1 aliphatic carbocycles. The Morgan fingerprint density at radius 3 is 2.81 bits per heavy atom. The number of halogens is 1. The van der Waals surface area contributed by atoms with E-state index in [1.54, 1.807) is 6.20 Å². The van der Waals surface area contributed by atoms with Crippen molar-refractivity contribution in [2.75, 3.05) is 0 Å². The van der Waals surface area contributed by atoms with Crippen LogP contribution in [0.2, 0.25) is 0 Å². The summed E-state index contributed by atoms with van der Waals surface area (Å²) in [6, 6.07) is 2.04. The van der Waals surface area contributed by atoms with E-state index in [0.29, 0.717) is 12.0 Å². The van der Waals surface area contributed by atoms with Crippen molar-refractivity contribution in [3.8, 4) is 5.88 Å². The van der Waals surface area contributed by atoms with E-state index in [-0.39, 0.29) is 0 Å². The molecule has 0 bridgehead atoms. The second kappa shape index (κ2) is 3.70. The third-order valence-corrected chi connectivity index (χ3v) is 3.26. The van der Waals surface area contributed by atoms with Crippen LogP contribution in [0.15, 0.2) is 22.9 Å². The Bertz CT molecular complexity index is 552. The van der Waals surface area contributed by atoms with Gasteiger partial charge in [-0.1, -0.05) is 0 Å². The highest BCUT2D eigenvalue weighted by molar-refractivity contribution is 9.10. The molecule has 3 nitrogen and oxygen atoms in total. The Morgan fingerprint density at radius 1 is 1.25 bits per heavy atom. The molecule has 2 aromatic rings. The Morgan fingerprint density at radius 2 is 2.06 bits per heavy atom. The summed E-state index contributed by atoms with van der Waals surface area (Å²) in [5, 5.41) is 2.09. The summed E-state index contributed by atoms with van der Waals surface area (Å²) in [5.74, 6) is 0.702. The molecule has 0 aromatic carbocycles. The molecule has 0 saturated heterocycles. The maximum absolute atomic E-state index is 5.76. The maximum Gasteiger partial charge on any atom is 0.223 e. The number of ether oxygens (including phenoxy) is 1. The second-order valence-electron chi connectivity index (χ2n) is 4.10. The van der Waals surface area contributed by atoms with Crippen LogP contribution < -0.4 is 4.74 Å². The van der Waals surface area contributed by atoms with E-state index in [4.69, 9.17) is 4.74 Å². The molecule has 1 aliphatic rings. The molecule has 0 atom stereocenters.